The van der Waals surface area contributed by atoms with Crippen LogP contribution in [0, 0.1) is 0 Å². The highest BCUT2D eigenvalue weighted by Crippen LogP contribution is 2.32. The van der Waals surface area contributed by atoms with Crippen LogP contribution in [0.4, 0.5) is 14.5 Å². The van der Waals surface area contributed by atoms with E-state index in [0.29, 0.717) is 32.4 Å². The summed E-state index contributed by atoms with van der Waals surface area (Å²) in [5.41, 5.74) is 0.366. The van der Waals surface area contributed by atoms with Crippen molar-refractivity contribution in [3.63, 3.8) is 0 Å². The van der Waals surface area contributed by atoms with Crippen LogP contribution in [0.25, 0.3) is 0 Å². The number of thioether (sulfide) groups is 2. The number of aromatic nitrogens is 1. The minimum atomic E-state index is -2.54. The average Bonchev–Trinajstić information content (AvgIpc) is 2.48. The third-order valence-electron chi connectivity index (χ3n) is 2.44. The molecule has 1 amide bonds. The van der Waals surface area contributed by atoms with Crippen LogP contribution in [0.2, 0.25) is 5.02 Å². The molecule has 8 heteroatoms. The Morgan fingerprint density at radius 3 is 2.77 bits per heavy atom. The smallest absolute Gasteiger partial charge is 0.288 e. The van der Waals surface area contributed by atoms with E-state index in [9.17, 15) is 13.6 Å². The van der Waals surface area contributed by atoms with Crippen molar-refractivity contribution >= 4 is 46.7 Å². The summed E-state index contributed by atoms with van der Waals surface area (Å²) in [6.45, 7) is 0. The van der Waals surface area contributed by atoms with Crippen LogP contribution < -0.4 is 5.32 Å². The number of carbonyl (C=O) groups is 1. The van der Waals surface area contributed by atoms with Gasteiger partial charge in [0.2, 0.25) is 5.91 Å². The highest BCUT2D eigenvalue weighted by Gasteiger charge is 2.12. The summed E-state index contributed by atoms with van der Waals surface area (Å²) in [5, 5.41) is 3.64. The average molecular weight is 361 g/mol. The van der Waals surface area contributed by atoms with Crippen LogP contribution in [0.5, 0.6) is 0 Å². The molecule has 0 atom stereocenters. The van der Waals surface area contributed by atoms with Crippen LogP contribution in [0.3, 0.4) is 0 Å². The standard InChI is InChI=1S/C14H11ClF2N2OS2/c15-9-4-3-7-18-13(9)21-8-12(20)19-10-5-1-2-6-11(10)22-14(16)17/h1-7,14H,8H2,(H,19,20). The maximum atomic E-state index is 12.5. The van der Waals surface area contributed by atoms with E-state index in [1.165, 1.54) is 17.8 Å². The Balaban J connectivity index is 1.96. The quantitative estimate of drug-likeness (QED) is 0.753. The second-order valence-electron chi connectivity index (χ2n) is 4.00. The molecule has 2 aromatic rings. The monoisotopic (exact) mass is 360 g/mol. The first kappa shape index (κ1) is 17.1. The molecule has 0 saturated carbocycles. The Kier molecular flexibility index (Phi) is 6.48. The zero-order chi connectivity index (χ0) is 15.9. The maximum absolute atomic E-state index is 12.5. The van der Waals surface area contributed by atoms with Gasteiger partial charge in [-0.05, 0) is 24.3 Å². The lowest BCUT2D eigenvalue weighted by atomic mass is 10.3. The van der Waals surface area contributed by atoms with Crippen molar-refractivity contribution in [2.45, 2.75) is 15.7 Å². The molecular formula is C14H11ClF2N2OS2. The Bertz CT molecular complexity index is 658. The lowest BCUT2D eigenvalue weighted by Gasteiger charge is -2.10. The van der Waals surface area contributed by atoms with Gasteiger partial charge in [0, 0.05) is 11.1 Å². The first-order valence-electron chi connectivity index (χ1n) is 6.13. The summed E-state index contributed by atoms with van der Waals surface area (Å²) in [7, 11) is 0. The minimum Gasteiger partial charge on any atom is -0.324 e. The summed E-state index contributed by atoms with van der Waals surface area (Å²) < 4.78 is 24.9. The summed E-state index contributed by atoms with van der Waals surface area (Å²) >= 11 is 7.53. The van der Waals surface area contributed by atoms with Gasteiger partial charge in [-0.2, -0.15) is 8.78 Å². The number of carbonyl (C=O) groups excluding carboxylic acids is 1. The second-order valence-corrected chi connectivity index (χ2v) is 6.41. The van der Waals surface area contributed by atoms with Gasteiger partial charge in [-0.15, -0.1) is 0 Å². The molecule has 0 unspecified atom stereocenters. The van der Waals surface area contributed by atoms with Gasteiger partial charge in [-0.1, -0.05) is 47.3 Å². The number of pyridine rings is 1. The van der Waals surface area contributed by atoms with E-state index in [4.69, 9.17) is 11.6 Å². The van der Waals surface area contributed by atoms with E-state index in [1.807, 2.05) is 0 Å². The summed E-state index contributed by atoms with van der Waals surface area (Å²) in [5.74, 6) is -2.77. The molecule has 0 aliphatic rings. The molecule has 1 aromatic carbocycles. The molecule has 0 radical (unpaired) electrons. The number of rotatable bonds is 6. The van der Waals surface area contributed by atoms with Crippen LogP contribution in [-0.2, 0) is 4.79 Å². The van der Waals surface area contributed by atoms with Gasteiger partial charge in [-0.3, -0.25) is 4.79 Å². The number of nitrogens with one attached hydrogen (secondary N) is 1. The number of para-hydroxylation sites is 1. The predicted octanol–water partition coefficient (Wildman–Crippen LogP) is 4.78. The number of alkyl halides is 2. The van der Waals surface area contributed by atoms with Crippen molar-refractivity contribution in [3.8, 4) is 0 Å². The Hall–Kier alpha value is -1.31. The van der Waals surface area contributed by atoms with E-state index in [1.54, 1.807) is 36.5 Å². The number of halogens is 3. The molecule has 1 aromatic heterocycles. The predicted molar refractivity (Wildman–Crippen MR) is 86.9 cm³/mol. The zero-order valence-electron chi connectivity index (χ0n) is 11.1. The molecule has 0 saturated heterocycles. The summed E-state index contributed by atoms with van der Waals surface area (Å²) in [4.78, 5) is 16.3. The van der Waals surface area contributed by atoms with E-state index in [-0.39, 0.29) is 11.7 Å². The van der Waals surface area contributed by atoms with Crippen molar-refractivity contribution in [1.29, 1.82) is 0 Å². The highest BCUT2D eigenvalue weighted by atomic mass is 35.5. The topological polar surface area (TPSA) is 42.0 Å². The lowest BCUT2D eigenvalue weighted by molar-refractivity contribution is -0.113. The molecule has 0 fully saturated rings. The first-order valence-corrected chi connectivity index (χ1v) is 8.37. The summed E-state index contributed by atoms with van der Waals surface area (Å²) in [6.07, 6.45) is 1.58. The number of anilines is 1. The van der Waals surface area contributed by atoms with Crippen molar-refractivity contribution in [1.82, 2.24) is 4.98 Å². The van der Waals surface area contributed by atoms with E-state index in [2.05, 4.69) is 10.3 Å². The zero-order valence-corrected chi connectivity index (χ0v) is 13.5. The molecular weight excluding hydrogens is 350 g/mol. The largest absolute Gasteiger partial charge is 0.324 e. The van der Waals surface area contributed by atoms with Crippen molar-refractivity contribution in [2.75, 3.05) is 11.1 Å². The normalized spacial score (nSPS) is 10.7. The molecule has 0 spiro atoms. The highest BCUT2D eigenvalue weighted by molar-refractivity contribution is 8.00. The maximum Gasteiger partial charge on any atom is 0.288 e. The Morgan fingerprint density at radius 1 is 1.27 bits per heavy atom. The second kappa shape index (κ2) is 8.36. The molecule has 1 N–H and O–H groups in total. The number of hydrogen-bond acceptors (Lipinski definition) is 4. The van der Waals surface area contributed by atoms with Gasteiger partial charge >= 0.3 is 0 Å². The van der Waals surface area contributed by atoms with Crippen LogP contribution in [0.15, 0.2) is 52.5 Å². The van der Waals surface area contributed by atoms with Gasteiger partial charge < -0.3 is 5.32 Å². The molecule has 3 nitrogen and oxygen atoms in total. The fraction of sp³-hybridized carbons (Fsp3) is 0.143. The number of amides is 1. The SMILES string of the molecule is O=C(CSc1ncccc1Cl)Nc1ccccc1SC(F)F. The Labute approximate surface area is 139 Å². The molecule has 0 aliphatic carbocycles. The molecule has 2 rings (SSSR count). The number of nitrogens with zero attached hydrogens (tertiary/aromatic N) is 1. The molecule has 22 heavy (non-hydrogen) atoms. The van der Waals surface area contributed by atoms with E-state index >= 15 is 0 Å². The minimum absolute atomic E-state index is 0.0877. The van der Waals surface area contributed by atoms with E-state index < -0.39 is 5.76 Å². The van der Waals surface area contributed by atoms with Gasteiger partial charge in [0.15, 0.2) is 0 Å². The van der Waals surface area contributed by atoms with E-state index in [0.717, 1.165) is 0 Å². The molecule has 1 heterocycles. The fourth-order valence-corrected chi connectivity index (χ4v) is 3.13. The molecule has 116 valence electrons. The first-order chi connectivity index (χ1) is 10.6. The third kappa shape index (κ3) is 5.15. The summed E-state index contributed by atoms with van der Waals surface area (Å²) in [6, 6.07) is 9.82. The van der Waals surface area contributed by atoms with Crippen molar-refractivity contribution in [2.24, 2.45) is 0 Å². The van der Waals surface area contributed by atoms with Crippen LogP contribution in [-0.4, -0.2) is 22.4 Å². The Morgan fingerprint density at radius 2 is 2.05 bits per heavy atom. The third-order valence-corrected chi connectivity index (χ3v) is 4.65. The van der Waals surface area contributed by atoms with Gasteiger partial charge in [-0.25, -0.2) is 4.98 Å². The van der Waals surface area contributed by atoms with Crippen LogP contribution >= 0.6 is 35.1 Å². The number of benzene rings is 1. The number of hydrogen-bond donors (Lipinski definition) is 1. The van der Waals surface area contributed by atoms with Gasteiger partial charge in [0.05, 0.1) is 16.5 Å². The fourth-order valence-electron chi connectivity index (χ4n) is 1.57. The van der Waals surface area contributed by atoms with Crippen LogP contribution in [0.1, 0.15) is 0 Å². The lowest BCUT2D eigenvalue weighted by Crippen LogP contribution is -2.14. The molecule has 0 aliphatic heterocycles. The van der Waals surface area contributed by atoms with Crippen molar-refractivity contribution < 1.29 is 13.6 Å². The van der Waals surface area contributed by atoms with Gasteiger partial charge in [0.1, 0.15) is 5.03 Å². The molecule has 0 bridgehead atoms. The van der Waals surface area contributed by atoms with Crippen molar-refractivity contribution in [3.05, 3.63) is 47.6 Å². The van der Waals surface area contributed by atoms with Gasteiger partial charge in [0.25, 0.3) is 5.76 Å².